The SMILES string of the molecule is COc1cc(C(=O)N2CC[C@@H](N)C2)c([N+](=O)[O-])cc1OCc1cscn1.Cl.Cl. The molecule has 1 aliphatic heterocycles. The molecule has 0 bridgehead atoms. The predicted molar refractivity (Wildman–Crippen MR) is 109 cm³/mol. The van der Waals surface area contributed by atoms with E-state index in [4.69, 9.17) is 15.2 Å². The molecule has 1 aromatic heterocycles. The van der Waals surface area contributed by atoms with E-state index in [1.807, 2.05) is 5.38 Å². The molecule has 1 fully saturated rings. The Morgan fingerprint density at radius 3 is 2.71 bits per heavy atom. The van der Waals surface area contributed by atoms with Crippen LogP contribution in [0.5, 0.6) is 11.5 Å². The van der Waals surface area contributed by atoms with E-state index < -0.39 is 10.8 Å². The second-order valence-electron chi connectivity index (χ2n) is 5.85. The van der Waals surface area contributed by atoms with Crippen LogP contribution < -0.4 is 15.2 Å². The predicted octanol–water partition coefficient (Wildman–Crippen LogP) is 2.66. The molecule has 0 radical (unpaired) electrons. The summed E-state index contributed by atoms with van der Waals surface area (Å²) in [5.41, 5.74) is 7.83. The van der Waals surface area contributed by atoms with Crippen LogP contribution in [0.25, 0.3) is 0 Å². The Balaban J connectivity index is 0.00000196. The van der Waals surface area contributed by atoms with Gasteiger partial charge < -0.3 is 20.1 Å². The molecule has 2 aromatic rings. The molecule has 0 saturated carbocycles. The standard InChI is InChI=1S/C16H18N4O5S.2ClH/c1-24-14-4-12(16(21)19-3-2-10(17)6-19)13(20(22)23)5-15(14)25-7-11-8-26-9-18-11;;/h4-5,8-10H,2-3,6-7,17H2,1H3;2*1H/t10-;;/m1../s1. The highest BCUT2D eigenvalue weighted by atomic mass is 35.5. The van der Waals surface area contributed by atoms with Crippen molar-refractivity contribution in [2.45, 2.75) is 19.1 Å². The van der Waals surface area contributed by atoms with Crippen molar-refractivity contribution in [2.75, 3.05) is 20.2 Å². The van der Waals surface area contributed by atoms with Gasteiger partial charge in [0.05, 0.1) is 29.3 Å². The fourth-order valence-electron chi connectivity index (χ4n) is 2.75. The zero-order valence-corrected chi connectivity index (χ0v) is 17.3. The van der Waals surface area contributed by atoms with Crippen LogP contribution in [-0.2, 0) is 6.61 Å². The van der Waals surface area contributed by atoms with Crippen molar-refractivity contribution in [3.63, 3.8) is 0 Å². The van der Waals surface area contributed by atoms with E-state index in [9.17, 15) is 14.9 Å². The van der Waals surface area contributed by atoms with Crippen LogP contribution in [0.1, 0.15) is 22.5 Å². The van der Waals surface area contributed by atoms with Gasteiger partial charge in [-0.1, -0.05) is 0 Å². The Bertz CT molecular complexity index is 822. The van der Waals surface area contributed by atoms with Gasteiger partial charge in [-0.25, -0.2) is 4.98 Å². The molecular formula is C16H20Cl2N4O5S. The Morgan fingerprint density at radius 1 is 1.43 bits per heavy atom. The number of benzene rings is 1. The molecule has 1 atom stereocenters. The van der Waals surface area contributed by atoms with Crippen LogP contribution in [0.3, 0.4) is 0 Å². The minimum atomic E-state index is -0.599. The molecule has 154 valence electrons. The minimum absolute atomic E-state index is 0. The average Bonchev–Trinajstić information content (AvgIpc) is 3.30. The van der Waals surface area contributed by atoms with Gasteiger partial charge in [0.15, 0.2) is 11.5 Å². The zero-order chi connectivity index (χ0) is 18.7. The molecule has 1 saturated heterocycles. The number of carbonyl (C=O) groups excluding carboxylic acids is 1. The van der Waals surface area contributed by atoms with E-state index in [1.54, 1.807) is 5.51 Å². The van der Waals surface area contributed by atoms with Gasteiger partial charge in [-0.15, -0.1) is 36.2 Å². The summed E-state index contributed by atoms with van der Waals surface area (Å²) < 4.78 is 10.9. The number of nitrogens with two attached hydrogens (primary N) is 1. The van der Waals surface area contributed by atoms with E-state index in [0.717, 1.165) is 0 Å². The molecule has 0 aliphatic carbocycles. The number of carbonyl (C=O) groups is 1. The first-order valence-electron chi connectivity index (χ1n) is 7.90. The number of nitro groups is 1. The smallest absolute Gasteiger partial charge is 0.286 e. The van der Waals surface area contributed by atoms with Crippen LogP contribution in [0, 0.1) is 10.1 Å². The lowest BCUT2D eigenvalue weighted by Gasteiger charge is -2.17. The first-order valence-corrected chi connectivity index (χ1v) is 8.85. The number of thiazole rings is 1. The Hall–Kier alpha value is -2.14. The van der Waals surface area contributed by atoms with Crippen molar-refractivity contribution < 1.29 is 19.2 Å². The molecular weight excluding hydrogens is 431 g/mol. The minimum Gasteiger partial charge on any atom is -0.493 e. The summed E-state index contributed by atoms with van der Waals surface area (Å²) in [5, 5.41) is 13.3. The average molecular weight is 451 g/mol. The molecule has 2 heterocycles. The van der Waals surface area contributed by atoms with E-state index in [2.05, 4.69) is 4.98 Å². The Morgan fingerprint density at radius 2 is 2.18 bits per heavy atom. The van der Waals surface area contributed by atoms with Gasteiger partial charge in [-0.05, 0) is 6.42 Å². The van der Waals surface area contributed by atoms with Gasteiger partial charge in [0.25, 0.3) is 11.6 Å². The third-order valence-corrected chi connectivity index (χ3v) is 4.72. The van der Waals surface area contributed by atoms with Gasteiger partial charge in [0, 0.05) is 30.6 Å². The van der Waals surface area contributed by atoms with Crippen molar-refractivity contribution in [1.82, 2.24) is 9.88 Å². The number of rotatable bonds is 6. The first kappa shape index (κ1) is 23.9. The van der Waals surface area contributed by atoms with Crippen LogP contribution in [0.4, 0.5) is 5.69 Å². The quantitative estimate of drug-likeness (QED) is 0.530. The van der Waals surface area contributed by atoms with Crippen molar-refractivity contribution in [3.05, 3.63) is 44.4 Å². The highest BCUT2D eigenvalue weighted by molar-refractivity contribution is 7.07. The third kappa shape index (κ3) is 5.22. The maximum atomic E-state index is 12.7. The van der Waals surface area contributed by atoms with Crippen LogP contribution in [-0.4, -0.2) is 47.0 Å². The molecule has 0 spiro atoms. The van der Waals surface area contributed by atoms with Crippen molar-refractivity contribution in [2.24, 2.45) is 5.73 Å². The number of hydrogen-bond acceptors (Lipinski definition) is 8. The normalized spacial score (nSPS) is 15.4. The molecule has 2 N–H and O–H groups in total. The summed E-state index contributed by atoms with van der Waals surface area (Å²) in [5.74, 6) is -0.00597. The van der Waals surface area contributed by atoms with E-state index in [1.165, 1.54) is 35.5 Å². The van der Waals surface area contributed by atoms with E-state index in [0.29, 0.717) is 25.2 Å². The maximum Gasteiger partial charge on any atom is 0.286 e. The number of nitrogens with zero attached hydrogens (tertiary/aromatic N) is 3. The van der Waals surface area contributed by atoms with Crippen molar-refractivity contribution in [1.29, 1.82) is 0 Å². The fraction of sp³-hybridized carbons (Fsp3) is 0.375. The first-order chi connectivity index (χ1) is 12.5. The highest BCUT2D eigenvalue weighted by Gasteiger charge is 2.31. The summed E-state index contributed by atoms with van der Waals surface area (Å²) in [7, 11) is 1.41. The number of methoxy groups -OCH3 is 1. The molecule has 1 amide bonds. The summed E-state index contributed by atoms with van der Waals surface area (Å²) in [6.45, 7) is 0.993. The monoisotopic (exact) mass is 450 g/mol. The maximum absolute atomic E-state index is 12.7. The second kappa shape index (κ2) is 10.4. The van der Waals surface area contributed by atoms with Gasteiger partial charge in [-0.2, -0.15) is 0 Å². The van der Waals surface area contributed by atoms with Crippen molar-refractivity contribution >= 4 is 47.7 Å². The summed E-state index contributed by atoms with van der Waals surface area (Å²) in [4.78, 5) is 29.2. The summed E-state index contributed by atoms with van der Waals surface area (Å²) in [6, 6.07) is 2.45. The molecule has 12 heteroatoms. The Kier molecular flexibility index (Phi) is 8.89. The van der Waals surface area contributed by atoms with E-state index >= 15 is 0 Å². The van der Waals surface area contributed by atoms with Crippen LogP contribution >= 0.6 is 36.2 Å². The van der Waals surface area contributed by atoms with E-state index in [-0.39, 0.29) is 60.2 Å². The lowest BCUT2D eigenvalue weighted by Crippen LogP contribution is -2.32. The zero-order valence-electron chi connectivity index (χ0n) is 14.9. The molecule has 0 unspecified atom stereocenters. The number of nitro benzene ring substituents is 1. The van der Waals surface area contributed by atoms with Gasteiger partial charge in [0.1, 0.15) is 12.2 Å². The Labute approximate surface area is 177 Å². The highest BCUT2D eigenvalue weighted by Crippen LogP contribution is 2.36. The second-order valence-corrected chi connectivity index (χ2v) is 6.56. The molecule has 3 rings (SSSR count). The number of likely N-dealkylation sites (tertiary alicyclic amines) is 1. The largest absolute Gasteiger partial charge is 0.493 e. The number of amides is 1. The van der Waals surface area contributed by atoms with Gasteiger partial charge in [0.2, 0.25) is 0 Å². The number of aromatic nitrogens is 1. The van der Waals surface area contributed by atoms with Gasteiger partial charge >= 0.3 is 0 Å². The lowest BCUT2D eigenvalue weighted by molar-refractivity contribution is -0.385. The molecule has 28 heavy (non-hydrogen) atoms. The topological polar surface area (TPSA) is 121 Å². The van der Waals surface area contributed by atoms with Crippen LogP contribution in [0.15, 0.2) is 23.0 Å². The third-order valence-electron chi connectivity index (χ3n) is 4.08. The van der Waals surface area contributed by atoms with Crippen LogP contribution in [0.2, 0.25) is 0 Å². The molecule has 9 nitrogen and oxygen atoms in total. The lowest BCUT2D eigenvalue weighted by atomic mass is 10.1. The molecule has 1 aliphatic rings. The molecule has 1 aromatic carbocycles. The van der Waals surface area contributed by atoms with Crippen molar-refractivity contribution in [3.8, 4) is 11.5 Å². The summed E-state index contributed by atoms with van der Waals surface area (Å²) >= 11 is 1.42. The number of hydrogen-bond donors (Lipinski definition) is 1. The van der Waals surface area contributed by atoms with Gasteiger partial charge in [-0.3, -0.25) is 14.9 Å². The fourth-order valence-corrected chi connectivity index (χ4v) is 3.29. The number of ether oxygens (including phenoxy) is 2. The number of halogens is 2. The summed E-state index contributed by atoms with van der Waals surface area (Å²) in [6.07, 6.45) is 0.672.